The second-order valence-electron chi connectivity index (χ2n) is 6.98. The number of aliphatic carboxylic acids is 1. The van der Waals surface area contributed by atoms with Gasteiger partial charge < -0.3 is 24.2 Å². The lowest BCUT2D eigenvalue weighted by Gasteiger charge is -2.26. The molecule has 1 N–H and O–H groups in total. The van der Waals surface area contributed by atoms with Crippen molar-refractivity contribution >= 4 is 41.3 Å². The maximum Gasteiger partial charge on any atom is 0.341 e. The van der Waals surface area contributed by atoms with E-state index >= 15 is 0 Å². The SMILES string of the molecule is CCOC(=O)C=c1sc(=Cc2ccc(OCC(=O)O)cc2)c(=O)n1CC(=O)N1CCOCC1. The summed E-state index contributed by atoms with van der Waals surface area (Å²) >= 11 is 1.08. The molecule has 11 heteroatoms. The van der Waals surface area contributed by atoms with Crippen molar-refractivity contribution in [3.8, 4) is 5.75 Å². The highest BCUT2D eigenvalue weighted by atomic mass is 32.1. The van der Waals surface area contributed by atoms with Crippen LogP contribution in [0, 0.1) is 0 Å². The molecule has 0 saturated carbocycles. The number of ether oxygens (including phenoxy) is 3. The van der Waals surface area contributed by atoms with Crippen LogP contribution in [0.2, 0.25) is 0 Å². The Morgan fingerprint density at radius 3 is 2.52 bits per heavy atom. The minimum absolute atomic E-state index is 0.187. The number of aromatic nitrogens is 1. The van der Waals surface area contributed by atoms with Crippen LogP contribution in [0.4, 0.5) is 0 Å². The maximum absolute atomic E-state index is 13.1. The largest absolute Gasteiger partial charge is 0.482 e. The average molecular weight is 477 g/mol. The van der Waals surface area contributed by atoms with Crippen LogP contribution in [0.15, 0.2) is 29.1 Å². The van der Waals surface area contributed by atoms with Gasteiger partial charge in [0, 0.05) is 13.1 Å². The molecule has 1 saturated heterocycles. The summed E-state index contributed by atoms with van der Waals surface area (Å²) in [4.78, 5) is 50.0. The van der Waals surface area contributed by atoms with Crippen LogP contribution < -0.4 is 19.5 Å². The van der Waals surface area contributed by atoms with E-state index in [9.17, 15) is 19.2 Å². The maximum atomic E-state index is 13.1. The number of hydrogen-bond donors (Lipinski definition) is 1. The van der Waals surface area contributed by atoms with E-state index in [0.29, 0.717) is 46.8 Å². The quantitative estimate of drug-likeness (QED) is 0.501. The molecule has 0 spiro atoms. The number of hydrogen-bond acceptors (Lipinski definition) is 8. The summed E-state index contributed by atoms with van der Waals surface area (Å²) in [7, 11) is 0. The lowest BCUT2D eigenvalue weighted by Crippen LogP contribution is -2.45. The summed E-state index contributed by atoms with van der Waals surface area (Å²) in [5.41, 5.74) is 0.272. The molecule has 0 aliphatic carbocycles. The van der Waals surface area contributed by atoms with Gasteiger partial charge in [-0.1, -0.05) is 12.1 Å². The van der Waals surface area contributed by atoms with Crippen molar-refractivity contribution in [1.82, 2.24) is 9.47 Å². The predicted molar refractivity (Wildman–Crippen MR) is 119 cm³/mol. The minimum atomic E-state index is -1.08. The highest BCUT2D eigenvalue weighted by molar-refractivity contribution is 7.07. The third-order valence-electron chi connectivity index (χ3n) is 4.66. The van der Waals surface area contributed by atoms with E-state index in [0.717, 1.165) is 11.3 Å². The molecular formula is C22H24N2O8S. The van der Waals surface area contributed by atoms with Crippen molar-refractivity contribution in [2.24, 2.45) is 0 Å². The van der Waals surface area contributed by atoms with Gasteiger partial charge in [-0.05, 0) is 30.7 Å². The van der Waals surface area contributed by atoms with E-state index in [1.54, 1.807) is 42.2 Å². The number of amides is 1. The zero-order valence-corrected chi connectivity index (χ0v) is 18.8. The average Bonchev–Trinajstić information content (AvgIpc) is 3.08. The molecule has 0 bridgehead atoms. The van der Waals surface area contributed by atoms with E-state index in [1.807, 2.05) is 0 Å². The van der Waals surface area contributed by atoms with Gasteiger partial charge in [0.15, 0.2) is 6.61 Å². The molecule has 1 aromatic heterocycles. The Bertz CT molecular complexity index is 1180. The Hall–Kier alpha value is -3.44. The molecule has 3 rings (SSSR count). The van der Waals surface area contributed by atoms with Gasteiger partial charge in [-0.3, -0.25) is 14.2 Å². The van der Waals surface area contributed by atoms with Crippen molar-refractivity contribution in [1.29, 1.82) is 0 Å². The number of carbonyl (C=O) groups is 3. The van der Waals surface area contributed by atoms with Gasteiger partial charge in [-0.25, -0.2) is 9.59 Å². The van der Waals surface area contributed by atoms with Gasteiger partial charge in [0.25, 0.3) is 5.56 Å². The number of rotatable bonds is 8. The van der Waals surface area contributed by atoms with Gasteiger partial charge >= 0.3 is 11.9 Å². The standard InChI is InChI=1S/C22H24N2O8S/c1-2-31-21(28)12-19-24(13-18(25)23-7-9-30-10-8-23)22(29)17(33-19)11-15-3-5-16(6-4-15)32-14-20(26)27/h3-6,11-12H,2,7-10,13-14H2,1H3,(H,26,27). The molecule has 1 aromatic carbocycles. The van der Waals surface area contributed by atoms with Gasteiger partial charge in [0.2, 0.25) is 5.91 Å². The number of carbonyl (C=O) groups excluding carboxylic acids is 2. The molecule has 2 heterocycles. The summed E-state index contributed by atoms with van der Waals surface area (Å²) < 4.78 is 17.2. The third-order valence-corrected chi connectivity index (χ3v) is 5.72. The molecule has 0 atom stereocenters. The van der Waals surface area contributed by atoms with Crippen molar-refractivity contribution in [2.75, 3.05) is 39.5 Å². The lowest BCUT2D eigenvalue weighted by molar-refractivity contribution is -0.139. The molecule has 2 aromatic rings. The van der Waals surface area contributed by atoms with Crippen LogP contribution in [0.1, 0.15) is 12.5 Å². The molecule has 33 heavy (non-hydrogen) atoms. The molecule has 176 valence electrons. The molecule has 1 amide bonds. The van der Waals surface area contributed by atoms with Crippen molar-refractivity contribution in [2.45, 2.75) is 13.5 Å². The summed E-state index contributed by atoms with van der Waals surface area (Å²) in [6.07, 6.45) is 2.84. The van der Waals surface area contributed by atoms with E-state index in [2.05, 4.69) is 0 Å². The van der Waals surface area contributed by atoms with E-state index < -0.39 is 24.1 Å². The Labute approximate surface area is 192 Å². The third kappa shape index (κ3) is 6.77. The fourth-order valence-corrected chi connectivity index (χ4v) is 4.11. The van der Waals surface area contributed by atoms with Crippen LogP contribution in [0.5, 0.6) is 5.75 Å². The number of thiazole rings is 1. The fourth-order valence-electron chi connectivity index (χ4n) is 3.08. The van der Waals surface area contributed by atoms with Crippen molar-refractivity contribution in [3.05, 3.63) is 49.4 Å². The van der Waals surface area contributed by atoms with Gasteiger partial charge in [0.1, 0.15) is 17.0 Å². The topological polar surface area (TPSA) is 124 Å². The number of morpholine rings is 1. The first-order valence-corrected chi connectivity index (χ1v) is 11.1. The van der Waals surface area contributed by atoms with Crippen molar-refractivity contribution in [3.63, 3.8) is 0 Å². The van der Waals surface area contributed by atoms with Crippen LogP contribution in [0.3, 0.4) is 0 Å². The zero-order valence-electron chi connectivity index (χ0n) is 18.0. The minimum Gasteiger partial charge on any atom is -0.482 e. The smallest absolute Gasteiger partial charge is 0.341 e. The number of carboxylic acids is 1. The first-order valence-electron chi connectivity index (χ1n) is 10.3. The van der Waals surface area contributed by atoms with Crippen LogP contribution in [-0.2, 0) is 30.4 Å². The highest BCUT2D eigenvalue weighted by Gasteiger charge is 2.19. The first-order chi connectivity index (χ1) is 15.9. The zero-order chi connectivity index (χ0) is 23.8. The highest BCUT2D eigenvalue weighted by Crippen LogP contribution is 2.12. The molecule has 0 unspecified atom stereocenters. The van der Waals surface area contributed by atoms with Crippen molar-refractivity contribution < 1.29 is 33.7 Å². The molecule has 1 aliphatic heterocycles. The summed E-state index contributed by atoms with van der Waals surface area (Å²) in [6.45, 7) is 2.99. The summed E-state index contributed by atoms with van der Waals surface area (Å²) in [5.74, 6) is -1.53. The van der Waals surface area contributed by atoms with Crippen LogP contribution in [-0.4, -0.2) is 71.9 Å². The van der Waals surface area contributed by atoms with Gasteiger partial charge in [-0.15, -0.1) is 11.3 Å². The molecule has 10 nitrogen and oxygen atoms in total. The fraction of sp³-hybridized carbons (Fsp3) is 0.364. The monoisotopic (exact) mass is 476 g/mol. The number of benzene rings is 1. The Morgan fingerprint density at radius 1 is 1.18 bits per heavy atom. The Kier molecular flexibility index (Phi) is 8.39. The van der Waals surface area contributed by atoms with E-state index in [-0.39, 0.29) is 19.1 Å². The molecule has 0 radical (unpaired) electrons. The van der Waals surface area contributed by atoms with Gasteiger partial charge in [-0.2, -0.15) is 0 Å². The van der Waals surface area contributed by atoms with Crippen LogP contribution in [0.25, 0.3) is 12.2 Å². The number of nitrogens with zero attached hydrogens (tertiary/aromatic N) is 2. The molecular weight excluding hydrogens is 452 g/mol. The second-order valence-corrected chi connectivity index (χ2v) is 8.04. The number of carboxylic acid groups (broad SMARTS) is 1. The van der Waals surface area contributed by atoms with Gasteiger partial charge in [0.05, 0.1) is 30.4 Å². The molecule has 1 fully saturated rings. The molecule has 1 aliphatic rings. The predicted octanol–water partition coefficient (Wildman–Crippen LogP) is -0.596. The first kappa shape index (κ1) is 24.2. The Morgan fingerprint density at radius 2 is 1.88 bits per heavy atom. The lowest BCUT2D eigenvalue weighted by atomic mass is 10.2. The normalized spacial score (nSPS) is 14.9. The number of esters is 1. The second kappa shape index (κ2) is 11.4. The van der Waals surface area contributed by atoms with E-state index in [1.165, 1.54) is 10.6 Å². The summed E-state index contributed by atoms with van der Waals surface area (Å²) in [6, 6.07) is 6.53. The Balaban J connectivity index is 1.93. The van der Waals surface area contributed by atoms with Crippen LogP contribution >= 0.6 is 11.3 Å². The summed E-state index contributed by atoms with van der Waals surface area (Å²) in [5, 5.41) is 8.69. The van der Waals surface area contributed by atoms with E-state index in [4.69, 9.17) is 19.3 Å².